The third-order valence-electron chi connectivity index (χ3n) is 3.51. The molecule has 0 unspecified atom stereocenters. The molecule has 1 fully saturated rings. The van der Waals surface area contributed by atoms with Crippen molar-refractivity contribution >= 4 is 34.5 Å². The average Bonchev–Trinajstić information content (AvgIpc) is 2.43. The van der Waals surface area contributed by atoms with E-state index in [0.717, 1.165) is 0 Å². The summed E-state index contributed by atoms with van der Waals surface area (Å²) >= 11 is 5.18. The van der Waals surface area contributed by atoms with Crippen LogP contribution in [0.1, 0.15) is 32.1 Å². The van der Waals surface area contributed by atoms with Crippen LogP contribution >= 0.6 is 11.6 Å². The number of hydrogen-bond acceptors (Lipinski definition) is 4. The van der Waals surface area contributed by atoms with Gasteiger partial charge in [-0.1, -0.05) is 30.9 Å². The maximum absolute atomic E-state index is 8.29. The highest BCUT2D eigenvalue weighted by atomic mass is 35.5. The van der Waals surface area contributed by atoms with E-state index in [-0.39, 0.29) is 0 Å². The van der Waals surface area contributed by atoms with Crippen LogP contribution in [0.2, 0.25) is 5.02 Å². The maximum Gasteiger partial charge on any atom is 0.335 e. The summed E-state index contributed by atoms with van der Waals surface area (Å²) < 4.78 is 16.6. The molecule has 1 aromatic carbocycles. The van der Waals surface area contributed by atoms with Crippen molar-refractivity contribution in [2.75, 3.05) is 17.7 Å². The lowest BCUT2D eigenvalue weighted by atomic mass is 9.94. The molecule has 0 radical (unpaired) electrons. The first-order valence-corrected chi connectivity index (χ1v) is 7.34. The quantitative estimate of drug-likeness (QED) is 0.853. The fourth-order valence-electron chi connectivity index (χ4n) is 2.43. The van der Waals surface area contributed by atoms with E-state index in [2.05, 4.69) is 11.9 Å². The number of rotatable bonds is 2. The Kier molecular flexibility index (Phi) is 6.87. The van der Waals surface area contributed by atoms with E-state index in [0.29, 0.717) is 16.8 Å². The molecule has 106 valence electrons. The van der Waals surface area contributed by atoms with Gasteiger partial charge in [0.25, 0.3) is 0 Å². The average molecular weight is 303 g/mol. The second-order valence-electron chi connectivity index (χ2n) is 4.68. The van der Waals surface area contributed by atoms with Crippen LogP contribution in [-0.4, -0.2) is 21.5 Å². The van der Waals surface area contributed by atoms with Crippen LogP contribution in [-0.2, 0) is 11.6 Å². The summed E-state index contributed by atoms with van der Waals surface area (Å²) in [5, 5.41) is 0.640. The number of benzene rings is 1. The van der Waals surface area contributed by atoms with Crippen molar-refractivity contribution in [3.8, 4) is 0 Å². The van der Waals surface area contributed by atoms with Crippen molar-refractivity contribution in [2.24, 2.45) is 0 Å². The Bertz CT molecular complexity index is 444. The van der Waals surface area contributed by atoms with Crippen molar-refractivity contribution in [1.29, 1.82) is 0 Å². The summed E-state index contributed by atoms with van der Waals surface area (Å²) in [6.07, 6.45) is 6.65. The number of nitrogen functional groups attached to an aromatic ring is 1. The summed E-state index contributed by atoms with van der Waals surface area (Å²) in [5.41, 5.74) is 7.67. The molecule has 4 nitrogen and oxygen atoms in total. The van der Waals surface area contributed by atoms with Gasteiger partial charge in [-0.05, 0) is 31.0 Å². The molecule has 1 aliphatic rings. The second kappa shape index (κ2) is 8.17. The SMILES string of the molecule is CN(c1ccc(Cl)c(N)c1)C1CCCCC1.O=S=O. The minimum absolute atomic E-state index is 0.640. The lowest BCUT2D eigenvalue weighted by Crippen LogP contribution is -2.33. The molecule has 0 aromatic heterocycles. The molecule has 0 spiro atoms. The summed E-state index contributed by atoms with van der Waals surface area (Å²) in [7, 11) is 2.15. The van der Waals surface area contributed by atoms with E-state index < -0.39 is 11.6 Å². The van der Waals surface area contributed by atoms with Crippen LogP contribution in [0, 0.1) is 0 Å². The highest BCUT2D eigenvalue weighted by Crippen LogP contribution is 2.29. The van der Waals surface area contributed by atoms with E-state index in [1.165, 1.54) is 37.8 Å². The Morgan fingerprint density at radius 2 is 1.84 bits per heavy atom. The van der Waals surface area contributed by atoms with Crippen molar-refractivity contribution in [2.45, 2.75) is 38.1 Å². The Hall–Kier alpha value is -1.07. The predicted octanol–water partition coefficient (Wildman–Crippen LogP) is 3.02. The van der Waals surface area contributed by atoms with Crippen LogP contribution in [0.3, 0.4) is 0 Å². The Balaban J connectivity index is 0.000000550. The first-order chi connectivity index (χ1) is 9.10. The van der Waals surface area contributed by atoms with E-state index in [4.69, 9.17) is 25.8 Å². The van der Waals surface area contributed by atoms with Gasteiger partial charge in [-0.3, -0.25) is 0 Å². The zero-order valence-corrected chi connectivity index (χ0v) is 12.5. The molecule has 1 aromatic rings. The third-order valence-corrected chi connectivity index (χ3v) is 3.85. The number of nitrogens with two attached hydrogens (primary N) is 1. The van der Waals surface area contributed by atoms with Crippen molar-refractivity contribution in [3.63, 3.8) is 0 Å². The van der Waals surface area contributed by atoms with E-state index in [9.17, 15) is 0 Å². The van der Waals surface area contributed by atoms with Gasteiger partial charge in [-0.25, -0.2) is 0 Å². The van der Waals surface area contributed by atoms with Gasteiger partial charge >= 0.3 is 11.6 Å². The monoisotopic (exact) mass is 302 g/mol. The summed E-state index contributed by atoms with van der Waals surface area (Å²) in [5.74, 6) is 0. The van der Waals surface area contributed by atoms with Gasteiger partial charge < -0.3 is 10.6 Å². The Labute approximate surface area is 122 Å². The molecule has 19 heavy (non-hydrogen) atoms. The van der Waals surface area contributed by atoms with Gasteiger partial charge in [0.1, 0.15) is 0 Å². The minimum atomic E-state index is -0.750. The molecule has 1 aliphatic carbocycles. The second-order valence-corrected chi connectivity index (χ2v) is 5.22. The van der Waals surface area contributed by atoms with Gasteiger partial charge in [0, 0.05) is 18.8 Å². The number of halogens is 1. The third kappa shape index (κ3) is 4.84. The summed E-state index contributed by atoms with van der Waals surface area (Å²) in [6.45, 7) is 0. The topological polar surface area (TPSA) is 63.4 Å². The highest BCUT2D eigenvalue weighted by Gasteiger charge is 2.18. The van der Waals surface area contributed by atoms with Gasteiger partial charge in [0.2, 0.25) is 0 Å². The molecule has 0 amide bonds. The molecule has 0 bridgehead atoms. The minimum Gasteiger partial charge on any atom is -0.397 e. The number of nitrogens with zero attached hydrogens (tertiary/aromatic N) is 1. The van der Waals surface area contributed by atoms with Crippen LogP contribution in [0.5, 0.6) is 0 Å². The Morgan fingerprint density at radius 1 is 1.26 bits per heavy atom. The zero-order valence-electron chi connectivity index (χ0n) is 11.0. The van der Waals surface area contributed by atoms with E-state index >= 15 is 0 Å². The molecular formula is C13H19ClN2O2S. The van der Waals surface area contributed by atoms with E-state index in [1.807, 2.05) is 18.2 Å². The molecule has 0 atom stereocenters. The van der Waals surface area contributed by atoms with Crippen molar-refractivity contribution < 1.29 is 8.42 Å². The predicted molar refractivity (Wildman–Crippen MR) is 80.1 cm³/mol. The first kappa shape index (κ1) is 16.0. The van der Waals surface area contributed by atoms with Crippen LogP contribution in [0.4, 0.5) is 11.4 Å². The smallest absolute Gasteiger partial charge is 0.335 e. The molecule has 0 aliphatic heterocycles. The summed E-state index contributed by atoms with van der Waals surface area (Å²) in [4.78, 5) is 2.34. The molecule has 0 heterocycles. The van der Waals surface area contributed by atoms with E-state index in [1.54, 1.807) is 0 Å². The molecular weight excluding hydrogens is 284 g/mol. The fraction of sp³-hybridized carbons (Fsp3) is 0.538. The number of anilines is 2. The van der Waals surface area contributed by atoms with Crippen LogP contribution in [0.25, 0.3) is 0 Å². The largest absolute Gasteiger partial charge is 0.397 e. The van der Waals surface area contributed by atoms with Crippen LogP contribution in [0.15, 0.2) is 18.2 Å². The molecule has 2 N–H and O–H groups in total. The summed E-state index contributed by atoms with van der Waals surface area (Å²) in [6, 6.07) is 6.56. The Morgan fingerprint density at radius 3 is 2.37 bits per heavy atom. The number of hydrogen-bond donors (Lipinski definition) is 1. The molecule has 1 saturated carbocycles. The zero-order chi connectivity index (χ0) is 14.3. The molecule has 6 heteroatoms. The lowest BCUT2D eigenvalue weighted by molar-refractivity contribution is 0.427. The lowest BCUT2D eigenvalue weighted by Gasteiger charge is -2.33. The normalized spacial score (nSPS) is 15.3. The van der Waals surface area contributed by atoms with Gasteiger partial charge in [0.15, 0.2) is 0 Å². The van der Waals surface area contributed by atoms with Gasteiger partial charge in [0.05, 0.1) is 10.7 Å². The standard InChI is InChI=1S/C13H19ClN2.O2S/c1-16(10-5-3-2-4-6-10)11-7-8-12(14)13(15)9-11;1-3-2/h7-10H,2-6,15H2,1H3;. The fourth-order valence-corrected chi connectivity index (χ4v) is 2.55. The molecule has 2 rings (SSSR count). The van der Waals surface area contributed by atoms with Crippen molar-refractivity contribution in [3.05, 3.63) is 23.2 Å². The van der Waals surface area contributed by atoms with Crippen LogP contribution < -0.4 is 10.6 Å². The highest BCUT2D eigenvalue weighted by molar-refractivity contribution is 7.51. The first-order valence-electron chi connectivity index (χ1n) is 6.29. The van der Waals surface area contributed by atoms with Gasteiger partial charge in [-0.15, -0.1) is 0 Å². The van der Waals surface area contributed by atoms with Crippen molar-refractivity contribution in [1.82, 2.24) is 0 Å². The van der Waals surface area contributed by atoms with Gasteiger partial charge in [-0.2, -0.15) is 8.42 Å². The maximum atomic E-state index is 8.29. The molecule has 0 saturated heterocycles.